The lowest BCUT2D eigenvalue weighted by atomic mass is 10.1. The first kappa shape index (κ1) is 17.9. The third-order valence-electron chi connectivity index (χ3n) is 3.93. The monoisotopic (exact) mass is 332 g/mol. The molecule has 0 saturated carbocycles. The summed E-state index contributed by atoms with van der Waals surface area (Å²) < 4.78 is 0. The number of rotatable bonds is 6. The SMILES string of the molecule is CCN(CC)C(=O)c1cccc(NC(=O)CN2CCNC(=O)C2)c1. The Balaban J connectivity index is 1.97. The maximum Gasteiger partial charge on any atom is 0.253 e. The number of anilines is 1. The zero-order valence-corrected chi connectivity index (χ0v) is 14.2. The molecule has 2 N–H and O–H groups in total. The fraction of sp³-hybridized carbons (Fsp3) is 0.471. The Hall–Kier alpha value is -2.41. The first-order chi connectivity index (χ1) is 11.5. The van der Waals surface area contributed by atoms with E-state index in [1.165, 1.54) is 0 Å². The van der Waals surface area contributed by atoms with Crippen molar-refractivity contribution in [3.8, 4) is 0 Å². The average Bonchev–Trinajstić information content (AvgIpc) is 2.56. The lowest BCUT2D eigenvalue weighted by Gasteiger charge is -2.25. The number of piperazine rings is 1. The van der Waals surface area contributed by atoms with E-state index < -0.39 is 0 Å². The van der Waals surface area contributed by atoms with Crippen molar-refractivity contribution in [3.63, 3.8) is 0 Å². The summed E-state index contributed by atoms with van der Waals surface area (Å²) >= 11 is 0. The van der Waals surface area contributed by atoms with Crippen LogP contribution in [0.1, 0.15) is 24.2 Å². The van der Waals surface area contributed by atoms with Crippen molar-refractivity contribution in [3.05, 3.63) is 29.8 Å². The molecular formula is C17H24N4O3. The Morgan fingerprint density at radius 2 is 2.04 bits per heavy atom. The lowest BCUT2D eigenvalue weighted by molar-refractivity contribution is -0.125. The van der Waals surface area contributed by atoms with E-state index in [2.05, 4.69) is 10.6 Å². The molecule has 1 aliphatic heterocycles. The van der Waals surface area contributed by atoms with Gasteiger partial charge < -0.3 is 15.5 Å². The van der Waals surface area contributed by atoms with Crippen LogP contribution in [0.3, 0.4) is 0 Å². The molecule has 3 amide bonds. The normalized spacial score (nSPS) is 14.8. The highest BCUT2D eigenvalue weighted by atomic mass is 16.2. The van der Waals surface area contributed by atoms with Crippen LogP contribution in [0.5, 0.6) is 0 Å². The summed E-state index contributed by atoms with van der Waals surface area (Å²) in [7, 11) is 0. The molecular weight excluding hydrogens is 308 g/mol. The van der Waals surface area contributed by atoms with Gasteiger partial charge in [-0.25, -0.2) is 0 Å². The molecule has 0 atom stereocenters. The predicted octanol–water partition coefficient (Wildman–Crippen LogP) is 0.539. The van der Waals surface area contributed by atoms with Crippen molar-refractivity contribution in [1.29, 1.82) is 0 Å². The van der Waals surface area contributed by atoms with E-state index >= 15 is 0 Å². The van der Waals surface area contributed by atoms with Crippen LogP contribution in [0.25, 0.3) is 0 Å². The number of amides is 3. The molecule has 7 nitrogen and oxygen atoms in total. The van der Waals surface area contributed by atoms with Gasteiger partial charge in [0.15, 0.2) is 0 Å². The fourth-order valence-electron chi connectivity index (χ4n) is 2.65. The average molecular weight is 332 g/mol. The molecule has 0 unspecified atom stereocenters. The fourth-order valence-corrected chi connectivity index (χ4v) is 2.65. The van der Waals surface area contributed by atoms with Crippen LogP contribution in [0, 0.1) is 0 Å². The molecule has 130 valence electrons. The van der Waals surface area contributed by atoms with Crippen molar-refractivity contribution in [2.24, 2.45) is 0 Å². The minimum Gasteiger partial charge on any atom is -0.354 e. The number of carbonyl (C=O) groups is 3. The second kappa shape index (κ2) is 8.44. The minimum atomic E-state index is -0.197. The predicted molar refractivity (Wildman–Crippen MR) is 91.8 cm³/mol. The number of hydrogen-bond donors (Lipinski definition) is 2. The summed E-state index contributed by atoms with van der Waals surface area (Å²) in [5, 5.41) is 5.51. The summed E-state index contributed by atoms with van der Waals surface area (Å²) in [6, 6.07) is 6.92. The number of nitrogens with one attached hydrogen (secondary N) is 2. The topological polar surface area (TPSA) is 81.8 Å². The second-order valence-corrected chi connectivity index (χ2v) is 5.67. The van der Waals surface area contributed by atoms with Crippen molar-refractivity contribution in [2.75, 3.05) is 44.6 Å². The molecule has 0 radical (unpaired) electrons. The van der Waals surface area contributed by atoms with E-state index in [1.54, 1.807) is 34.1 Å². The molecule has 1 aromatic carbocycles. The van der Waals surface area contributed by atoms with E-state index in [-0.39, 0.29) is 30.8 Å². The summed E-state index contributed by atoms with van der Waals surface area (Å²) in [6.07, 6.45) is 0. The van der Waals surface area contributed by atoms with Gasteiger partial charge in [-0.1, -0.05) is 6.07 Å². The van der Waals surface area contributed by atoms with Crippen LogP contribution in [-0.4, -0.2) is 66.8 Å². The van der Waals surface area contributed by atoms with E-state index in [0.29, 0.717) is 37.4 Å². The molecule has 2 rings (SSSR count). The summed E-state index contributed by atoms with van der Waals surface area (Å²) in [4.78, 5) is 39.3. The van der Waals surface area contributed by atoms with Crippen LogP contribution in [-0.2, 0) is 9.59 Å². The molecule has 0 aromatic heterocycles. The molecule has 0 bridgehead atoms. The van der Waals surface area contributed by atoms with Gasteiger partial charge in [-0.2, -0.15) is 0 Å². The smallest absolute Gasteiger partial charge is 0.253 e. The Labute approximate surface area is 142 Å². The lowest BCUT2D eigenvalue weighted by Crippen LogP contribution is -2.49. The van der Waals surface area contributed by atoms with Gasteiger partial charge in [0.05, 0.1) is 13.1 Å². The third kappa shape index (κ3) is 4.79. The van der Waals surface area contributed by atoms with Crippen LogP contribution in [0.2, 0.25) is 0 Å². The third-order valence-corrected chi connectivity index (χ3v) is 3.93. The van der Waals surface area contributed by atoms with E-state index in [4.69, 9.17) is 0 Å². The first-order valence-corrected chi connectivity index (χ1v) is 8.21. The largest absolute Gasteiger partial charge is 0.354 e. The Morgan fingerprint density at radius 1 is 1.29 bits per heavy atom. The molecule has 1 aromatic rings. The van der Waals surface area contributed by atoms with Gasteiger partial charge in [-0.3, -0.25) is 19.3 Å². The molecule has 0 aliphatic carbocycles. The first-order valence-electron chi connectivity index (χ1n) is 8.21. The molecule has 24 heavy (non-hydrogen) atoms. The number of carbonyl (C=O) groups excluding carboxylic acids is 3. The summed E-state index contributed by atoms with van der Waals surface area (Å²) in [5.41, 5.74) is 1.13. The summed E-state index contributed by atoms with van der Waals surface area (Å²) in [5.74, 6) is -0.318. The van der Waals surface area contributed by atoms with E-state index in [0.717, 1.165) is 0 Å². The maximum atomic E-state index is 12.4. The number of hydrogen-bond acceptors (Lipinski definition) is 4. The van der Waals surface area contributed by atoms with Crippen LogP contribution in [0.4, 0.5) is 5.69 Å². The van der Waals surface area contributed by atoms with Crippen LogP contribution < -0.4 is 10.6 Å². The maximum absolute atomic E-state index is 12.4. The van der Waals surface area contributed by atoms with Gasteiger partial charge in [0.25, 0.3) is 5.91 Å². The van der Waals surface area contributed by atoms with Gasteiger partial charge in [0.2, 0.25) is 11.8 Å². The highest BCUT2D eigenvalue weighted by Gasteiger charge is 2.19. The Morgan fingerprint density at radius 3 is 2.71 bits per heavy atom. The van der Waals surface area contributed by atoms with Gasteiger partial charge >= 0.3 is 0 Å². The standard InChI is InChI=1S/C17H24N4O3/c1-3-21(4-2)17(24)13-6-5-7-14(10-13)19-16(23)12-20-9-8-18-15(22)11-20/h5-7,10H,3-4,8-9,11-12H2,1-2H3,(H,18,22)(H,19,23). The van der Waals surface area contributed by atoms with Crippen LogP contribution in [0.15, 0.2) is 24.3 Å². The zero-order chi connectivity index (χ0) is 17.5. The van der Waals surface area contributed by atoms with Gasteiger partial charge in [0, 0.05) is 37.4 Å². The van der Waals surface area contributed by atoms with Gasteiger partial charge in [0.1, 0.15) is 0 Å². The Kier molecular flexibility index (Phi) is 6.31. The van der Waals surface area contributed by atoms with Gasteiger partial charge in [-0.15, -0.1) is 0 Å². The van der Waals surface area contributed by atoms with Crippen molar-refractivity contribution in [2.45, 2.75) is 13.8 Å². The number of nitrogens with zero attached hydrogens (tertiary/aromatic N) is 2. The molecule has 1 heterocycles. The van der Waals surface area contributed by atoms with E-state index in [9.17, 15) is 14.4 Å². The highest BCUT2D eigenvalue weighted by Crippen LogP contribution is 2.13. The molecule has 1 fully saturated rings. The number of benzene rings is 1. The molecule has 0 spiro atoms. The molecule has 1 saturated heterocycles. The zero-order valence-electron chi connectivity index (χ0n) is 14.2. The van der Waals surface area contributed by atoms with Crippen molar-refractivity contribution in [1.82, 2.24) is 15.1 Å². The highest BCUT2D eigenvalue weighted by molar-refractivity contribution is 5.97. The quantitative estimate of drug-likeness (QED) is 0.797. The molecule has 7 heteroatoms. The van der Waals surface area contributed by atoms with E-state index in [1.807, 2.05) is 13.8 Å². The molecule has 1 aliphatic rings. The minimum absolute atomic E-state index is 0.0520. The Bertz CT molecular complexity index is 614. The van der Waals surface area contributed by atoms with Crippen molar-refractivity contribution >= 4 is 23.4 Å². The second-order valence-electron chi connectivity index (χ2n) is 5.67. The van der Waals surface area contributed by atoms with Crippen molar-refractivity contribution < 1.29 is 14.4 Å². The van der Waals surface area contributed by atoms with Gasteiger partial charge in [-0.05, 0) is 32.0 Å². The summed E-state index contributed by atoms with van der Waals surface area (Å²) in [6.45, 7) is 6.74. The van der Waals surface area contributed by atoms with Crippen LogP contribution >= 0.6 is 0 Å².